The third-order valence-corrected chi connectivity index (χ3v) is 0.775. The standard InChI is InChI=1S/C4H12N2.C2H6O2/c1-2-3-4-6-5;3-1-2-4/h6H,2-5H2,1H3;3-4H,1-2H2. The minimum Gasteiger partial charge on any atom is -0.394 e. The first kappa shape index (κ1) is 12.5. The summed E-state index contributed by atoms with van der Waals surface area (Å²) in [6.07, 6.45) is 2.39. The Morgan fingerprint density at radius 2 is 1.80 bits per heavy atom. The number of unbranched alkanes of at least 4 members (excludes halogenated alkanes) is 1. The Morgan fingerprint density at radius 3 is 1.90 bits per heavy atom. The lowest BCUT2D eigenvalue weighted by molar-refractivity contribution is 0.186. The van der Waals surface area contributed by atoms with Crippen LogP contribution in [0.5, 0.6) is 0 Å². The van der Waals surface area contributed by atoms with Gasteiger partial charge in [-0.15, -0.1) is 0 Å². The van der Waals surface area contributed by atoms with Gasteiger partial charge in [0.05, 0.1) is 13.2 Å². The average Bonchev–Trinajstić information content (AvgIpc) is 2.01. The highest BCUT2D eigenvalue weighted by molar-refractivity contribution is 4.33. The Balaban J connectivity index is 0. The largest absolute Gasteiger partial charge is 0.394 e. The van der Waals surface area contributed by atoms with Gasteiger partial charge in [0.2, 0.25) is 0 Å². The predicted octanol–water partition coefficient (Wildman–Crippen LogP) is -0.779. The van der Waals surface area contributed by atoms with Crippen molar-refractivity contribution >= 4 is 0 Å². The Morgan fingerprint density at radius 1 is 1.30 bits per heavy atom. The van der Waals surface area contributed by atoms with E-state index in [1.165, 1.54) is 12.8 Å². The van der Waals surface area contributed by atoms with Gasteiger partial charge in [0.1, 0.15) is 0 Å². The molecule has 0 aliphatic rings. The average molecular weight is 150 g/mol. The summed E-state index contributed by atoms with van der Waals surface area (Å²) in [7, 11) is 0. The van der Waals surface area contributed by atoms with Crippen LogP contribution >= 0.6 is 0 Å². The molecule has 0 bridgehead atoms. The monoisotopic (exact) mass is 150 g/mol. The van der Waals surface area contributed by atoms with E-state index in [9.17, 15) is 0 Å². The summed E-state index contributed by atoms with van der Waals surface area (Å²) >= 11 is 0. The van der Waals surface area contributed by atoms with Crippen LogP contribution < -0.4 is 11.3 Å². The van der Waals surface area contributed by atoms with E-state index in [1.807, 2.05) is 0 Å². The number of hydrogen-bond acceptors (Lipinski definition) is 4. The van der Waals surface area contributed by atoms with Gasteiger partial charge in [-0.05, 0) is 6.42 Å². The summed E-state index contributed by atoms with van der Waals surface area (Å²) in [6.45, 7) is 2.83. The van der Waals surface area contributed by atoms with Crippen LogP contribution in [0.25, 0.3) is 0 Å². The molecule has 0 aliphatic carbocycles. The molecule has 0 spiro atoms. The lowest BCUT2D eigenvalue weighted by Gasteiger charge is -1.89. The lowest BCUT2D eigenvalue weighted by Crippen LogP contribution is -2.22. The number of nitrogens with two attached hydrogens (primary N) is 1. The molecule has 4 nitrogen and oxygen atoms in total. The van der Waals surface area contributed by atoms with Crippen molar-refractivity contribution in [3.63, 3.8) is 0 Å². The molecular formula is C6H18N2O2. The van der Waals surface area contributed by atoms with E-state index in [4.69, 9.17) is 16.1 Å². The second-order valence-corrected chi connectivity index (χ2v) is 1.75. The van der Waals surface area contributed by atoms with Gasteiger partial charge in [0.15, 0.2) is 0 Å². The first-order valence-corrected chi connectivity index (χ1v) is 3.48. The van der Waals surface area contributed by atoms with Crippen molar-refractivity contribution in [2.75, 3.05) is 19.8 Å². The first-order valence-electron chi connectivity index (χ1n) is 3.48. The molecule has 0 saturated heterocycles. The van der Waals surface area contributed by atoms with Gasteiger partial charge in [-0.25, -0.2) is 0 Å². The molecule has 64 valence electrons. The number of rotatable bonds is 4. The van der Waals surface area contributed by atoms with Gasteiger partial charge >= 0.3 is 0 Å². The quantitative estimate of drug-likeness (QED) is 0.241. The summed E-state index contributed by atoms with van der Waals surface area (Å²) in [5.74, 6) is 4.96. The molecule has 0 aromatic rings. The van der Waals surface area contributed by atoms with Crippen LogP contribution in [-0.4, -0.2) is 30.0 Å². The zero-order valence-corrected chi connectivity index (χ0v) is 6.51. The van der Waals surface area contributed by atoms with Gasteiger partial charge in [-0.1, -0.05) is 13.3 Å². The van der Waals surface area contributed by atoms with Gasteiger partial charge in [0.25, 0.3) is 0 Å². The minimum absolute atomic E-state index is 0.125. The van der Waals surface area contributed by atoms with Crippen LogP contribution in [0.4, 0.5) is 0 Å². The van der Waals surface area contributed by atoms with E-state index in [2.05, 4.69) is 12.3 Å². The van der Waals surface area contributed by atoms with Crippen LogP contribution in [0.1, 0.15) is 19.8 Å². The predicted molar refractivity (Wildman–Crippen MR) is 41.3 cm³/mol. The van der Waals surface area contributed by atoms with Gasteiger partial charge in [-0.2, -0.15) is 0 Å². The SMILES string of the molecule is CCCCNN.OCCO. The molecule has 0 unspecified atom stereocenters. The molecule has 0 heterocycles. The zero-order valence-electron chi connectivity index (χ0n) is 6.51. The lowest BCUT2D eigenvalue weighted by atomic mass is 10.3. The van der Waals surface area contributed by atoms with E-state index in [0.29, 0.717) is 0 Å². The molecule has 0 aliphatic heterocycles. The van der Waals surface area contributed by atoms with Crippen LogP contribution in [0, 0.1) is 0 Å². The molecule has 0 radical (unpaired) electrons. The fourth-order valence-electron chi connectivity index (χ4n) is 0.279. The summed E-state index contributed by atoms with van der Waals surface area (Å²) in [4.78, 5) is 0. The van der Waals surface area contributed by atoms with Crippen LogP contribution in [-0.2, 0) is 0 Å². The third kappa shape index (κ3) is 24.9. The minimum atomic E-state index is -0.125. The summed E-state index contributed by atoms with van der Waals surface area (Å²) in [6, 6.07) is 0. The van der Waals surface area contributed by atoms with E-state index in [0.717, 1.165) is 6.54 Å². The van der Waals surface area contributed by atoms with Crippen molar-refractivity contribution in [3.05, 3.63) is 0 Å². The van der Waals surface area contributed by atoms with E-state index < -0.39 is 0 Å². The Labute approximate surface area is 62.0 Å². The maximum absolute atomic E-state index is 7.62. The summed E-state index contributed by atoms with van der Waals surface area (Å²) < 4.78 is 0. The fraction of sp³-hybridized carbons (Fsp3) is 1.00. The van der Waals surface area contributed by atoms with E-state index >= 15 is 0 Å². The molecule has 0 fully saturated rings. The molecule has 0 amide bonds. The molecule has 5 N–H and O–H groups in total. The topological polar surface area (TPSA) is 78.5 Å². The van der Waals surface area contributed by atoms with Gasteiger partial charge < -0.3 is 10.2 Å². The molecule has 4 heteroatoms. The van der Waals surface area contributed by atoms with E-state index in [1.54, 1.807) is 0 Å². The molecule has 0 aromatic heterocycles. The normalized spacial score (nSPS) is 8.40. The van der Waals surface area contributed by atoms with Crippen molar-refractivity contribution in [3.8, 4) is 0 Å². The number of nitrogens with one attached hydrogen (secondary N) is 1. The van der Waals surface area contributed by atoms with Crippen LogP contribution in [0.3, 0.4) is 0 Å². The maximum atomic E-state index is 7.62. The number of hydrazine groups is 1. The fourth-order valence-corrected chi connectivity index (χ4v) is 0.279. The van der Waals surface area contributed by atoms with Gasteiger partial charge in [0, 0.05) is 6.54 Å². The highest BCUT2D eigenvalue weighted by Crippen LogP contribution is 1.78. The van der Waals surface area contributed by atoms with Crippen molar-refractivity contribution < 1.29 is 10.2 Å². The number of hydrogen-bond donors (Lipinski definition) is 4. The zero-order chi connectivity index (χ0) is 8.24. The van der Waals surface area contributed by atoms with Crippen molar-refractivity contribution in [1.29, 1.82) is 0 Å². The second-order valence-electron chi connectivity index (χ2n) is 1.75. The molecule has 0 saturated carbocycles. The number of aliphatic hydroxyl groups excluding tert-OH is 2. The molecule has 0 aromatic carbocycles. The van der Waals surface area contributed by atoms with Crippen molar-refractivity contribution in [1.82, 2.24) is 5.43 Å². The molecule has 10 heavy (non-hydrogen) atoms. The van der Waals surface area contributed by atoms with Crippen LogP contribution in [0.2, 0.25) is 0 Å². The summed E-state index contributed by atoms with van der Waals surface area (Å²) in [5, 5.41) is 15.2. The molecule has 0 rings (SSSR count). The second kappa shape index (κ2) is 15.9. The summed E-state index contributed by atoms with van der Waals surface area (Å²) in [5.41, 5.74) is 2.57. The number of aliphatic hydroxyl groups is 2. The Kier molecular flexibility index (Phi) is 19.9. The maximum Gasteiger partial charge on any atom is 0.0662 e. The highest BCUT2D eigenvalue weighted by Gasteiger charge is 1.73. The highest BCUT2D eigenvalue weighted by atomic mass is 16.3. The first-order chi connectivity index (χ1) is 4.83. The van der Waals surface area contributed by atoms with Gasteiger partial charge in [-0.3, -0.25) is 11.3 Å². The Bertz CT molecular complexity index is 38.7. The third-order valence-electron chi connectivity index (χ3n) is 0.775. The van der Waals surface area contributed by atoms with Crippen molar-refractivity contribution in [2.45, 2.75) is 19.8 Å². The molecular weight excluding hydrogens is 132 g/mol. The van der Waals surface area contributed by atoms with E-state index in [-0.39, 0.29) is 13.2 Å². The van der Waals surface area contributed by atoms with Crippen LogP contribution in [0.15, 0.2) is 0 Å². The smallest absolute Gasteiger partial charge is 0.0662 e. The Hall–Kier alpha value is -0.160. The molecule has 0 atom stereocenters. The van der Waals surface area contributed by atoms with Crippen molar-refractivity contribution in [2.24, 2.45) is 5.84 Å².